The van der Waals surface area contributed by atoms with E-state index in [9.17, 15) is 8.42 Å². The van der Waals surface area contributed by atoms with Crippen LogP contribution in [0.4, 0.5) is 5.82 Å². The van der Waals surface area contributed by atoms with Crippen molar-refractivity contribution in [1.82, 2.24) is 19.6 Å². The summed E-state index contributed by atoms with van der Waals surface area (Å²) in [6, 6.07) is 13.7. The highest BCUT2D eigenvalue weighted by Gasteiger charge is 2.26. The molecule has 0 radical (unpaired) electrons. The lowest BCUT2D eigenvalue weighted by molar-refractivity contribution is 0.414. The van der Waals surface area contributed by atoms with E-state index in [2.05, 4.69) is 15.2 Å². The zero-order valence-electron chi connectivity index (χ0n) is 15.7. The second-order valence-corrected chi connectivity index (χ2v) is 8.17. The standard InChI is InChI=1S/C19H19N5O3S/c1-4-17-21-22-19-18(20-15-7-5-6-8-16(15)24(17)19)23(2)28(25,26)14-11-9-13(27-3)10-12-14/h5-12H,4H2,1-3H3. The number of aromatic nitrogens is 4. The summed E-state index contributed by atoms with van der Waals surface area (Å²) < 4.78 is 34.5. The monoisotopic (exact) mass is 397 g/mol. The van der Waals surface area contributed by atoms with Crippen molar-refractivity contribution in [2.45, 2.75) is 18.2 Å². The zero-order chi connectivity index (χ0) is 19.9. The number of aryl methyl sites for hydroxylation is 1. The van der Waals surface area contributed by atoms with Gasteiger partial charge in [0, 0.05) is 13.5 Å². The van der Waals surface area contributed by atoms with Crippen LogP contribution in [0.15, 0.2) is 53.4 Å². The summed E-state index contributed by atoms with van der Waals surface area (Å²) >= 11 is 0. The number of benzene rings is 2. The molecule has 2 heterocycles. The number of para-hydroxylation sites is 2. The Labute approximate surface area is 162 Å². The molecule has 0 saturated carbocycles. The van der Waals surface area contributed by atoms with Crippen molar-refractivity contribution in [1.29, 1.82) is 0 Å². The first-order valence-electron chi connectivity index (χ1n) is 8.73. The molecule has 0 aliphatic carbocycles. The Morgan fingerprint density at radius 2 is 1.79 bits per heavy atom. The fourth-order valence-corrected chi connectivity index (χ4v) is 4.23. The topological polar surface area (TPSA) is 89.7 Å². The highest BCUT2D eigenvalue weighted by atomic mass is 32.2. The first kappa shape index (κ1) is 18.2. The smallest absolute Gasteiger partial charge is 0.265 e. The van der Waals surface area contributed by atoms with Crippen molar-refractivity contribution in [2.24, 2.45) is 0 Å². The molecule has 0 unspecified atom stereocenters. The van der Waals surface area contributed by atoms with E-state index >= 15 is 0 Å². The van der Waals surface area contributed by atoms with Crippen LogP contribution in [-0.4, -0.2) is 42.2 Å². The van der Waals surface area contributed by atoms with E-state index in [0.29, 0.717) is 23.3 Å². The van der Waals surface area contributed by atoms with E-state index in [-0.39, 0.29) is 10.7 Å². The lowest BCUT2D eigenvalue weighted by Crippen LogP contribution is -2.28. The minimum absolute atomic E-state index is 0.138. The average Bonchev–Trinajstić information content (AvgIpc) is 3.17. The Bertz CT molecular complexity index is 1270. The molecular weight excluding hydrogens is 378 g/mol. The van der Waals surface area contributed by atoms with Gasteiger partial charge in [0.2, 0.25) is 5.65 Å². The van der Waals surface area contributed by atoms with Crippen LogP contribution in [0.3, 0.4) is 0 Å². The van der Waals surface area contributed by atoms with E-state index in [1.165, 1.54) is 26.3 Å². The summed E-state index contributed by atoms with van der Waals surface area (Å²) in [7, 11) is -0.841. The molecule has 0 fully saturated rings. The summed E-state index contributed by atoms with van der Waals surface area (Å²) in [5, 5.41) is 8.44. The van der Waals surface area contributed by atoms with Crippen LogP contribution in [0.2, 0.25) is 0 Å². The molecule has 28 heavy (non-hydrogen) atoms. The molecule has 4 aromatic rings. The third-order valence-electron chi connectivity index (χ3n) is 4.61. The van der Waals surface area contributed by atoms with E-state index in [1.807, 2.05) is 35.6 Å². The first-order chi connectivity index (χ1) is 13.5. The minimum Gasteiger partial charge on any atom is -0.497 e. The molecule has 0 aliphatic rings. The highest BCUT2D eigenvalue weighted by molar-refractivity contribution is 7.92. The van der Waals surface area contributed by atoms with E-state index in [0.717, 1.165) is 15.6 Å². The van der Waals surface area contributed by atoms with Crippen LogP contribution in [0.1, 0.15) is 12.7 Å². The molecule has 0 N–H and O–H groups in total. The van der Waals surface area contributed by atoms with Crippen LogP contribution in [0, 0.1) is 0 Å². The lowest BCUT2D eigenvalue weighted by atomic mass is 10.3. The fourth-order valence-electron chi connectivity index (χ4n) is 3.09. The molecule has 0 aliphatic heterocycles. The van der Waals surface area contributed by atoms with E-state index < -0.39 is 10.0 Å². The lowest BCUT2D eigenvalue weighted by Gasteiger charge is -2.20. The normalized spacial score (nSPS) is 11.8. The summed E-state index contributed by atoms with van der Waals surface area (Å²) in [6.07, 6.45) is 0.656. The molecule has 4 rings (SSSR count). The van der Waals surface area contributed by atoms with Crippen molar-refractivity contribution in [3.63, 3.8) is 0 Å². The van der Waals surface area contributed by atoms with Gasteiger partial charge < -0.3 is 4.74 Å². The second-order valence-electron chi connectivity index (χ2n) is 6.20. The number of nitrogens with zero attached hydrogens (tertiary/aromatic N) is 5. The number of fused-ring (bicyclic) bond motifs is 3. The fraction of sp³-hybridized carbons (Fsp3) is 0.211. The Morgan fingerprint density at radius 1 is 1.07 bits per heavy atom. The quantitative estimate of drug-likeness (QED) is 0.514. The van der Waals surface area contributed by atoms with Gasteiger partial charge in [0.1, 0.15) is 11.6 Å². The molecular formula is C19H19N5O3S. The van der Waals surface area contributed by atoms with Crippen molar-refractivity contribution < 1.29 is 13.2 Å². The Hall–Kier alpha value is -3.20. The maximum absolute atomic E-state index is 13.2. The number of anilines is 1. The van der Waals surface area contributed by atoms with Gasteiger partial charge in [-0.1, -0.05) is 19.1 Å². The summed E-state index contributed by atoms with van der Waals surface area (Å²) in [4.78, 5) is 4.71. The summed E-state index contributed by atoms with van der Waals surface area (Å²) in [5.41, 5.74) is 1.89. The number of hydrogen-bond acceptors (Lipinski definition) is 6. The van der Waals surface area contributed by atoms with Gasteiger partial charge in [-0.15, -0.1) is 10.2 Å². The molecule has 0 saturated heterocycles. The third-order valence-corrected chi connectivity index (χ3v) is 6.37. The second kappa shape index (κ2) is 6.75. The molecule has 2 aromatic heterocycles. The molecule has 8 nitrogen and oxygen atoms in total. The number of hydrogen-bond donors (Lipinski definition) is 0. The molecule has 2 aromatic carbocycles. The summed E-state index contributed by atoms with van der Waals surface area (Å²) in [5.74, 6) is 1.55. The number of sulfonamides is 1. The molecule has 0 amide bonds. The largest absolute Gasteiger partial charge is 0.497 e. The number of rotatable bonds is 5. The van der Waals surface area contributed by atoms with Crippen molar-refractivity contribution in [2.75, 3.05) is 18.5 Å². The average molecular weight is 397 g/mol. The van der Waals surface area contributed by atoms with Gasteiger partial charge in [-0.3, -0.25) is 4.40 Å². The van der Waals surface area contributed by atoms with Gasteiger partial charge in [0.25, 0.3) is 10.0 Å². The Morgan fingerprint density at radius 3 is 2.46 bits per heavy atom. The third kappa shape index (κ3) is 2.75. The van der Waals surface area contributed by atoms with Crippen molar-refractivity contribution in [3.8, 4) is 5.75 Å². The minimum atomic E-state index is -3.84. The van der Waals surface area contributed by atoms with Gasteiger partial charge in [0.15, 0.2) is 5.82 Å². The Kier molecular flexibility index (Phi) is 4.38. The van der Waals surface area contributed by atoms with Gasteiger partial charge in [-0.05, 0) is 36.4 Å². The van der Waals surface area contributed by atoms with Crippen LogP contribution in [-0.2, 0) is 16.4 Å². The summed E-state index contributed by atoms with van der Waals surface area (Å²) in [6.45, 7) is 1.98. The maximum Gasteiger partial charge on any atom is 0.265 e. The number of ether oxygens (including phenoxy) is 1. The van der Waals surface area contributed by atoms with Gasteiger partial charge in [0.05, 0.1) is 23.0 Å². The van der Waals surface area contributed by atoms with Crippen LogP contribution < -0.4 is 9.04 Å². The van der Waals surface area contributed by atoms with E-state index in [4.69, 9.17) is 4.74 Å². The molecule has 0 atom stereocenters. The predicted molar refractivity (Wildman–Crippen MR) is 106 cm³/mol. The van der Waals surface area contributed by atoms with Gasteiger partial charge in [-0.2, -0.15) is 0 Å². The van der Waals surface area contributed by atoms with Crippen molar-refractivity contribution in [3.05, 3.63) is 54.4 Å². The molecule has 144 valence electrons. The SMILES string of the molecule is CCc1nnc2c(N(C)S(=O)(=O)c3ccc(OC)cc3)nc3ccccc3n12. The van der Waals surface area contributed by atoms with Gasteiger partial charge >= 0.3 is 0 Å². The van der Waals surface area contributed by atoms with Crippen molar-refractivity contribution >= 4 is 32.5 Å². The molecule has 0 bridgehead atoms. The Balaban J connectivity index is 1.92. The number of methoxy groups -OCH3 is 1. The zero-order valence-corrected chi connectivity index (χ0v) is 16.5. The van der Waals surface area contributed by atoms with Crippen LogP contribution >= 0.6 is 0 Å². The predicted octanol–water partition coefficient (Wildman–Crippen LogP) is 2.67. The van der Waals surface area contributed by atoms with Crippen LogP contribution in [0.25, 0.3) is 16.7 Å². The van der Waals surface area contributed by atoms with E-state index in [1.54, 1.807) is 12.1 Å². The van der Waals surface area contributed by atoms with Gasteiger partial charge in [-0.25, -0.2) is 17.7 Å². The maximum atomic E-state index is 13.2. The molecule has 0 spiro atoms. The molecule has 9 heteroatoms. The highest BCUT2D eigenvalue weighted by Crippen LogP contribution is 2.28. The van der Waals surface area contributed by atoms with Crippen LogP contribution in [0.5, 0.6) is 5.75 Å². The first-order valence-corrected chi connectivity index (χ1v) is 10.2.